The molecule has 0 bridgehead atoms. The first-order chi connectivity index (χ1) is 19.6. The Labute approximate surface area is 253 Å². The Morgan fingerprint density at radius 1 is 0.902 bits per heavy atom. The molecule has 2 aromatic carbocycles. The third-order valence-corrected chi connectivity index (χ3v) is 13.4. The van der Waals surface area contributed by atoms with Crippen LogP contribution in [0.1, 0.15) is 103 Å². The van der Waals surface area contributed by atoms with Gasteiger partial charge in [-0.2, -0.15) is 0 Å². The normalized spacial score (nSPS) is 38.6. The number of carbonyl (C=O) groups is 1. The maximum Gasteiger partial charge on any atom is 0.302 e. The van der Waals surface area contributed by atoms with Crippen LogP contribution in [0.3, 0.4) is 0 Å². The highest BCUT2D eigenvalue weighted by Crippen LogP contribution is 2.70. The van der Waals surface area contributed by atoms with Crippen LogP contribution in [-0.2, 0) is 9.53 Å². The fourth-order valence-electron chi connectivity index (χ4n) is 10.6. The Morgan fingerprint density at radius 2 is 1.56 bits per heavy atom. The summed E-state index contributed by atoms with van der Waals surface area (Å²) in [4.78, 5) is 11.5. The zero-order chi connectivity index (χ0) is 28.8. The lowest BCUT2D eigenvalue weighted by atomic mass is 9.44. The van der Waals surface area contributed by atoms with Crippen LogP contribution in [0.2, 0.25) is 0 Å². The highest BCUT2D eigenvalue weighted by molar-refractivity contribution is 6.24. The highest BCUT2D eigenvalue weighted by Gasteiger charge is 2.64. The van der Waals surface area contributed by atoms with Gasteiger partial charge in [0.1, 0.15) is 6.10 Å². The maximum atomic E-state index is 11.7. The van der Waals surface area contributed by atoms with E-state index in [1.54, 1.807) is 0 Å². The third-order valence-electron chi connectivity index (χ3n) is 12.6. The van der Waals surface area contributed by atoms with Crippen molar-refractivity contribution in [2.24, 2.45) is 40.4 Å². The molecule has 6 rings (SSSR count). The van der Waals surface area contributed by atoms with E-state index in [0.29, 0.717) is 17.3 Å². The molecule has 0 N–H and O–H groups in total. The number of benzene rings is 2. The molecule has 4 aliphatic carbocycles. The van der Waals surface area contributed by atoms with Crippen LogP contribution >= 0.6 is 11.6 Å². The summed E-state index contributed by atoms with van der Waals surface area (Å²) in [5.41, 5.74) is 4.55. The number of esters is 1. The molecular weight excluding hydrogens is 524 g/mol. The molecule has 0 saturated heterocycles. The van der Waals surface area contributed by atoms with Gasteiger partial charge in [0, 0.05) is 13.3 Å². The minimum atomic E-state index is -0.234. The van der Waals surface area contributed by atoms with Crippen molar-refractivity contribution < 1.29 is 9.53 Å². The van der Waals surface area contributed by atoms with Crippen molar-refractivity contribution in [1.29, 1.82) is 0 Å². The molecule has 0 aliphatic heterocycles. The Balaban J connectivity index is 1.19. The van der Waals surface area contributed by atoms with Crippen molar-refractivity contribution in [1.82, 2.24) is 0 Å². The predicted molar refractivity (Wildman–Crippen MR) is 170 cm³/mol. The summed E-state index contributed by atoms with van der Waals surface area (Å²) in [5.74, 6) is 3.56. The van der Waals surface area contributed by atoms with E-state index < -0.39 is 0 Å². The van der Waals surface area contributed by atoms with E-state index in [1.165, 1.54) is 55.7 Å². The Hall–Kier alpha value is -2.06. The summed E-state index contributed by atoms with van der Waals surface area (Å²) in [6.45, 7) is 9.21. The first-order valence-electron chi connectivity index (χ1n) is 16.3. The minimum Gasteiger partial charge on any atom is -0.462 e. The van der Waals surface area contributed by atoms with Gasteiger partial charge in [0.25, 0.3) is 0 Å². The van der Waals surface area contributed by atoms with Crippen molar-refractivity contribution in [3.05, 3.63) is 77.9 Å². The molecule has 0 spiro atoms. The van der Waals surface area contributed by atoms with Crippen LogP contribution in [0.15, 0.2) is 66.7 Å². The fraction of sp³-hybridized carbons (Fsp3) is 0.605. The van der Waals surface area contributed by atoms with E-state index in [9.17, 15) is 4.79 Å². The van der Waals surface area contributed by atoms with Crippen molar-refractivity contribution >= 4 is 23.1 Å². The second-order valence-electron chi connectivity index (χ2n) is 14.6. The fourth-order valence-corrected chi connectivity index (χ4v) is 11.1. The van der Waals surface area contributed by atoms with E-state index in [4.69, 9.17) is 16.3 Å². The molecule has 0 unspecified atom stereocenters. The number of hydrogen-bond acceptors (Lipinski definition) is 2. The molecule has 0 heterocycles. The van der Waals surface area contributed by atoms with E-state index in [-0.39, 0.29) is 22.4 Å². The van der Waals surface area contributed by atoms with Gasteiger partial charge in [-0.15, -0.1) is 11.6 Å². The molecule has 2 nitrogen and oxygen atoms in total. The van der Waals surface area contributed by atoms with Gasteiger partial charge in [-0.05, 0) is 115 Å². The SMILES string of the molecule is CC(=O)O[C@@H]1CC[C@]2(C)[C@@H]3CC[C@@]4(C)[C@@H](CC[C@H]4[C@H](C)CC=C(c4ccccc4)c4ccccc4)[C@@H]3CC[C@@]2(Cl)C1. The van der Waals surface area contributed by atoms with Gasteiger partial charge in [-0.3, -0.25) is 4.79 Å². The van der Waals surface area contributed by atoms with Gasteiger partial charge < -0.3 is 4.74 Å². The van der Waals surface area contributed by atoms with Crippen molar-refractivity contribution in [2.45, 2.75) is 103 Å². The molecule has 9 atom stereocenters. The number of rotatable bonds is 6. The molecule has 4 aliphatic rings. The minimum absolute atomic E-state index is 0.00934. The summed E-state index contributed by atoms with van der Waals surface area (Å²) in [7, 11) is 0. The molecule has 4 saturated carbocycles. The van der Waals surface area contributed by atoms with Crippen LogP contribution in [-0.4, -0.2) is 16.9 Å². The summed E-state index contributed by atoms with van der Waals surface area (Å²) >= 11 is 7.55. The number of halogens is 1. The number of hydrogen-bond donors (Lipinski definition) is 0. The average Bonchev–Trinajstić information content (AvgIpc) is 3.32. The number of fused-ring (bicyclic) bond motifs is 5. The van der Waals surface area contributed by atoms with Crippen molar-refractivity contribution in [3.63, 3.8) is 0 Å². The number of ether oxygens (including phenoxy) is 1. The van der Waals surface area contributed by atoms with Crippen molar-refractivity contribution in [2.75, 3.05) is 0 Å². The Bertz CT molecular complexity index is 1210. The van der Waals surface area contributed by atoms with Crippen LogP contribution in [0, 0.1) is 40.4 Å². The monoisotopic (exact) mass is 572 g/mol. The molecule has 0 radical (unpaired) electrons. The molecule has 0 aromatic heterocycles. The van der Waals surface area contributed by atoms with Crippen LogP contribution in [0.5, 0.6) is 0 Å². The second-order valence-corrected chi connectivity index (χ2v) is 15.3. The zero-order valence-electron chi connectivity index (χ0n) is 25.6. The molecule has 3 heteroatoms. The smallest absolute Gasteiger partial charge is 0.302 e. The van der Waals surface area contributed by atoms with Gasteiger partial charge in [-0.1, -0.05) is 87.5 Å². The number of allylic oxidation sites excluding steroid dienone is 1. The Kier molecular flexibility index (Phi) is 7.94. The lowest BCUT2D eigenvalue weighted by molar-refractivity contribution is -0.157. The van der Waals surface area contributed by atoms with Gasteiger partial charge in [0.15, 0.2) is 0 Å². The standard InChI is InChI=1S/C38H49ClO2/c1-26(15-16-31(28-11-7-5-8-12-28)29-13-9-6-10-14-29)33-17-18-34-32-20-24-38(39)25-30(41-27(2)40)19-23-37(38,4)35(32)21-22-36(33,34)3/h5-14,16,26,30,32-35H,15,17-25H2,1-4H3/t26-,30-,32+,33+,34+,35-,36-,37-,38-/m1/s1. The topological polar surface area (TPSA) is 26.3 Å². The first kappa shape index (κ1) is 29.0. The average molecular weight is 573 g/mol. The second kappa shape index (κ2) is 11.2. The van der Waals surface area contributed by atoms with Crippen molar-refractivity contribution in [3.8, 4) is 0 Å². The molecule has 220 valence electrons. The maximum absolute atomic E-state index is 11.7. The quantitative estimate of drug-likeness (QED) is 0.254. The van der Waals surface area contributed by atoms with Gasteiger partial charge >= 0.3 is 5.97 Å². The van der Waals surface area contributed by atoms with Crippen LogP contribution in [0.4, 0.5) is 0 Å². The number of carbonyl (C=O) groups excluding carboxylic acids is 1. The van der Waals surface area contributed by atoms with Gasteiger partial charge in [-0.25, -0.2) is 0 Å². The van der Waals surface area contributed by atoms with Gasteiger partial charge in [0.2, 0.25) is 0 Å². The zero-order valence-corrected chi connectivity index (χ0v) is 26.3. The summed E-state index contributed by atoms with van der Waals surface area (Å²) in [6, 6.07) is 21.8. The van der Waals surface area contributed by atoms with E-state index in [2.05, 4.69) is 87.5 Å². The van der Waals surface area contributed by atoms with Crippen LogP contribution in [0.25, 0.3) is 5.57 Å². The molecule has 2 aromatic rings. The van der Waals surface area contributed by atoms with Crippen LogP contribution < -0.4 is 0 Å². The lowest BCUT2D eigenvalue weighted by Crippen LogP contribution is -2.60. The Morgan fingerprint density at radius 3 is 2.20 bits per heavy atom. The van der Waals surface area contributed by atoms with E-state index >= 15 is 0 Å². The molecule has 41 heavy (non-hydrogen) atoms. The van der Waals surface area contributed by atoms with Gasteiger partial charge in [0.05, 0.1) is 4.87 Å². The molecule has 4 fully saturated rings. The molecule has 0 amide bonds. The predicted octanol–water partition coefficient (Wildman–Crippen LogP) is 10.1. The summed E-state index contributed by atoms with van der Waals surface area (Å²) in [6.07, 6.45) is 14.2. The largest absolute Gasteiger partial charge is 0.462 e. The lowest BCUT2D eigenvalue weighted by Gasteiger charge is -2.64. The van der Waals surface area contributed by atoms with E-state index in [0.717, 1.165) is 49.9 Å². The molecular formula is C38H49ClO2. The highest BCUT2D eigenvalue weighted by atomic mass is 35.5. The third kappa shape index (κ3) is 5.11. The number of alkyl halides is 1. The summed E-state index contributed by atoms with van der Waals surface area (Å²) in [5, 5.41) is 0. The summed E-state index contributed by atoms with van der Waals surface area (Å²) < 4.78 is 5.68. The first-order valence-corrected chi connectivity index (χ1v) is 16.7. The van der Waals surface area contributed by atoms with E-state index in [1.807, 2.05) is 0 Å².